The van der Waals surface area contributed by atoms with E-state index in [1.165, 1.54) is 6.92 Å². The molecule has 0 saturated carbocycles. The van der Waals surface area contributed by atoms with Gasteiger partial charge in [0, 0.05) is 36.0 Å². The van der Waals surface area contributed by atoms with Crippen LogP contribution in [0.3, 0.4) is 0 Å². The number of rotatable bonds is 11. The lowest BCUT2D eigenvalue weighted by atomic mass is 9.98. The van der Waals surface area contributed by atoms with Crippen LogP contribution >= 0.6 is 0 Å². The van der Waals surface area contributed by atoms with Gasteiger partial charge in [-0.2, -0.15) is 0 Å². The molecule has 3 N–H and O–H groups in total. The maximum atomic E-state index is 13.2. The van der Waals surface area contributed by atoms with Gasteiger partial charge < -0.3 is 20.4 Å². The zero-order valence-electron chi connectivity index (χ0n) is 18.6. The Morgan fingerprint density at radius 3 is 2.47 bits per heavy atom. The van der Waals surface area contributed by atoms with Crippen LogP contribution in [0.4, 0.5) is 0 Å². The quantitative estimate of drug-likeness (QED) is 0.368. The van der Waals surface area contributed by atoms with E-state index >= 15 is 0 Å². The summed E-state index contributed by atoms with van der Waals surface area (Å²) in [6.45, 7) is 12.1. The molecule has 0 fully saturated rings. The normalized spacial score (nSPS) is 12.6. The predicted molar refractivity (Wildman–Crippen MR) is 123 cm³/mol. The molecule has 0 bridgehead atoms. The Bertz CT molecular complexity index is 1040. The topological polar surface area (TPSA) is 117 Å². The van der Waals surface area contributed by atoms with Crippen molar-refractivity contribution in [2.24, 2.45) is 0 Å². The van der Waals surface area contributed by atoms with Crippen molar-refractivity contribution in [3.05, 3.63) is 55.3 Å². The third-order valence-electron chi connectivity index (χ3n) is 4.75. The summed E-state index contributed by atoms with van der Waals surface area (Å²) in [7, 11) is 0. The Balaban J connectivity index is 2.29. The first kappa shape index (κ1) is 24.6. The van der Waals surface area contributed by atoms with Crippen LogP contribution in [-0.4, -0.2) is 46.7 Å². The monoisotopic (exact) mass is 439 g/mol. The third kappa shape index (κ3) is 6.41. The summed E-state index contributed by atoms with van der Waals surface area (Å²) in [5.74, 6) is -1.99. The van der Waals surface area contributed by atoms with E-state index in [0.717, 1.165) is 17.0 Å². The van der Waals surface area contributed by atoms with Crippen LogP contribution in [0.5, 0.6) is 0 Å². The van der Waals surface area contributed by atoms with Gasteiger partial charge in [0.2, 0.25) is 11.8 Å². The molecule has 0 radical (unpaired) electrons. The molecule has 0 spiro atoms. The van der Waals surface area contributed by atoms with Crippen LogP contribution in [0.25, 0.3) is 16.5 Å². The van der Waals surface area contributed by atoms with Crippen molar-refractivity contribution >= 4 is 40.0 Å². The van der Waals surface area contributed by atoms with E-state index in [4.69, 9.17) is 4.74 Å². The van der Waals surface area contributed by atoms with Crippen molar-refractivity contribution in [1.82, 2.24) is 15.6 Å². The number of hydrogen-bond acceptors (Lipinski definition) is 5. The lowest BCUT2D eigenvalue weighted by Gasteiger charge is -2.24. The van der Waals surface area contributed by atoms with Gasteiger partial charge in [0.25, 0.3) is 0 Å². The fourth-order valence-corrected chi connectivity index (χ4v) is 3.21. The molecular weight excluding hydrogens is 410 g/mol. The van der Waals surface area contributed by atoms with Crippen molar-refractivity contribution in [3.63, 3.8) is 0 Å². The maximum absolute atomic E-state index is 13.2. The lowest BCUT2D eigenvalue weighted by molar-refractivity contribution is -0.151. The van der Waals surface area contributed by atoms with Gasteiger partial charge in [-0.1, -0.05) is 31.4 Å². The van der Waals surface area contributed by atoms with E-state index in [0.29, 0.717) is 11.1 Å². The number of nitrogens with one attached hydrogen (secondary N) is 3. The number of ether oxygens (including phenoxy) is 1. The number of carbonyl (C=O) groups excluding carboxylic acids is 4. The van der Waals surface area contributed by atoms with Gasteiger partial charge in [-0.25, -0.2) is 4.79 Å². The highest BCUT2D eigenvalue weighted by Crippen LogP contribution is 2.26. The summed E-state index contributed by atoms with van der Waals surface area (Å²) >= 11 is 0. The van der Waals surface area contributed by atoms with Gasteiger partial charge in [0.05, 0.1) is 6.10 Å². The van der Waals surface area contributed by atoms with Gasteiger partial charge in [0.15, 0.2) is 5.78 Å². The molecule has 0 saturated heterocycles. The minimum atomic E-state index is -1.13. The van der Waals surface area contributed by atoms with Crippen molar-refractivity contribution in [3.8, 4) is 0 Å². The summed E-state index contributed by atoms with van der Waals surface area (Å²) in [5.41, 5.74) is 1.87. The molecule has 32 heavy (non-hydrogen) atoms. The highest BCUT2D eigenvalue weighted by atomic mass is 16.5. The van der Waals surface area contributed by atoms with Crippen LogP contribution in [0.2, 0.25) is 0 Å². The molecule has 2 rings (SSSR count). The van der Waals surface area contributed by atoms with E-state index in [-0.39, 0.29) is 18.6 Å². The fraction of sp³-hybridized carbons (Fsp3) is 0.333. The third-order valence-corrected chi connectivity index (χ3v) is 4.75. The second-order valence-electron chi connectivity index (χ2n) is 7.66. The van der Waals surface area contributed by atoms with Gasteiger partial charge in [0.1, 0.15) is 12.1 Å². The molecule has 0 aliphatic heterocycles. The molecule has 1 heterocycles. The Morgan fingerprint density at radius 2 is 1.84 bits per heavy atom. The molecule has 2 amide bonds. The zero-order valence-corrected chi connectivity index (χ0v) is 18.6. The first-order valence-electron chi connectivity index (χ1n) is 10.3. The SMILES string of the molecule is C=CC(=O)CC[C@H](NC(=O)[C@@H](NC(C)=O)C(=C)c1c[nH]c2ccccc12)C(=O)OC(C)C. The Morgan fingerprint density at radius 1 is 1.16 bits per heavy atom. The number of ketones is 1. The Kier molecular flexibility index (Phi) is 8.52. The molecule has 170 valence electrons. The van der Waals surface area contributed by atoms with E-state index in [2.05, 4.69) is 28.8 Å². The van der Waals surface area contributed by atoms with Crippen molar-refractivity contribution in [2.75, 3.05) is 0 Å². The Labute approximate surface area is 187 Å². The van der Waals surface area contributed by atoms with Crippen molar-refractivity contribution < 1.29 is 23.9 Å². The number of benzene rings is 1. The highest BCUT2D eigenvalue weighted by molar-refractivity contribution is 6.04. The number of hydrogen-bond donors (Lipinski definition) is 3. The zero-order chi connectivity index (χ0) is 23.8. The molecule has 1 aromatic heterocycles. The summed E-state index contributed by atoms with van der Waals surface area (Å²) in [6, 6.07) is 5.29. The van der Waals surface area contributed by atoms with Crippen LogP contribution in [0.1, 0.15) is 39.2 Å². The molecule has 0 aliphatic carbocycles. The number of aromatic amines is 1. The van der Waals surface area contributed by atoms with E-state index in [1.54, 1.807) is 20.0 Å². The lowest BCUT2D eigenvalue weighted by Crippen LogP contribution is -2.52. The van der Waals surface area contributed by atoms with Gasteiger partial charge in [-0.15, -0.1) is 0 Å². The number of H-pyrrole nitrogens is 1. The molecule has 8 heteroatoms. The number of esters is 1. The highest BCUT2D eigenvalue weighted by Gasteiger charge is 2.30. The van der Waals surface area contributed by atoms with E-state index in [1.807, 2.05) is 24.3 Å². The van der Waals surface area contributed by atoms with Gasteiger partial charge >= 0.3 is 5.97 Å². The van der Waals surface area contributed by atoms with E-state index < -0.39 is 36.0 Å². The first-order chi connectivity index (χ1) is 15.1. The summed E-state index contributed by atoms with van der Waals surface area (Å²) in [5, 5.41) is 6.05. The molecule has 0 aliphatic rings. The number of carbonyl (C=O) groups is 4. The molecule has 2 aromatic rings. The molecule has 0 unspecified atom stereocenters. The summed E-state index contributed by atoms with van der Waals surface area (Å²) < 4.78 is 5.22. The molecule has 1 aromatic carbocycles. The average Bonchev–Trinajstić information content (AvgIpc) is 3.17. The van der Waals surface area contributed by atoms with Gasteiger partial charge in [-0.05, 0) is 38.0 Å². The van der Waals surface area contributed by atoms with Gasteiger partial charge in [-0.3, -0.25) is 14.4 Å². The smallest absolute Gasteiger partial charge is 0.328 e. The predicted octanol–water partition coefficient (Wildman–Crippen LogP) is 2.66. The van der Waals surface area contributed by atoms with Crippen LogP contribution < -0.4 is 10.6 Å². The number of amides is 2. The minimum Gasteiger partial charge on any atom is -0.461 e. The number of fused-ring (bicyclic) bond motifs is 1. The average molecular weight is 440 g/mol. The van der Waals surface area contributed by atoms with Crippen LogP contribution in [0, 0.1) is 0 Å². The fourth-order valence-electron chi connectivity index (χ4n) is 3.21. The summed E-state index contributed by atoms with van der Waals surface area (Å²) in [4.78, 5) is 52.3. The second-order valence-corrected chi connectivity index (χ2v) is 7.66. The molecular formula is C24H29N3O5. The molecule has 2 atom stereocenters. The minimum absolute atomic E-state index is 0.00976. The van der Waals surface area contributed by atoms with Crippen LogP contribution in [-0.2, 0) is 23.9 Å². The van der Waals surface area contributed by atoms with Crippen LogP contribution in [0.15, 0.2) is 49.7 Å². The first-order valence-corrected chi connectivity index (χ1v) is 10.3. The standard InChI is InChI=1S/C24H29N3O5/c1-6-17(29)11-12-21(24(31)32-14(2)3)27-23(30)22(26-16(5)28)15(4)19-13-25-20-10-8-7-9-18(19)20/h6-10,13-14,21-22,25H,1,4,11-12H2,2-3,5H3,(H,26,28)(H,27,30)/t21-,22-/m0/s1. The van der Waals surface area contributed by atoms with Crippen molar-refractivity contribution in [1.29, 1.82) is 0 Å². The van der Waals surface area contributed by atoms with E-state index in [9.17, 15) is 19.2 Å². The maximum Gasteiger partial charge on any atom is 0.328 e. The Hall–Kier alpha value is -3.68. The second kappa shape index (κ2) is 11.1. The number of allylic oxidation sites excluding steroid dienone is 1. The molecule has 8 nitrogen and oxygen atoms in total. The largest absolute Gasteiger partial charge is 0.461 e. The van der Waals surface area contributed by atoms with Crippen molar-refractivity contribution in [2.45, 2.75) is 51.8 Å². The number of aromatic nitrogens is 1. The summed E-state index contributed by atoms with van der Waals surface area (Å²) in [6.07, 6.45) is 2.52. The number of para-hydroxylation sites is 1.